The van der Waals surface area contributed by atoms with Crippen molar-refractivity contribution in [2.45, 2.75) is 58.4 Å². The van der Waals surface area contributed by atoms with Crippen LogP contribution in [0.5, 0.6) is 0 Å². The molecule has 0 spiro atoms. The largest absolute Gasteiger partial charge is 0.362 e. The van der Waals surface area contributed by atoms with Crippen LogP contribution in [0.2, 0.25) is 0 Å². The maximum atomic E-state index is 5.35. The maximum absolute atomic E-state index is 5.35. The molecule has 1 aromatic carbocycles. The number of likely N-dealkylation sites (N-methyl/N-ethyl adjacent to an activating group) is 1. The SMILES string of the molecule is CCCCN(C=S)CC(c1ccccc1)[N+](C)(C)CC1CCC(C)CC1.CN.CS. The standard InChI is InChI=1S/C23H39N2S.CH5N.CH4S/c1-5-6-16-24(19-26)17-23(22-10-8-7-9-11-22)25(3,4)18-21-14-12-20(2)13-15-21;2*1-2/h7-11,19-21,23H,5-6,12-18H2,1-4H3;2H2,1H3;2H,1H3/q+1;;. The van der Waals surface area contributed by atoms with E-state index >= 15 is 0 Å². The lowest BCUT2D eigenvalue weighted by Crippen LogP contribution is -2.50. The second kappa shape index (κ2) is 17.0. The van der Waals surface area contributed by atoms with Crippen molar-refractivity contribution in [1.82, 2.24) is 4.90 Å². The Kier molecular flexibility index (Phi) is 16.6. The minimum absolute atomic E-state index is 0.464. The molecule has 174 valence electrons. The van der Waals surface area contributed by atoms with Gasteiger partial charge in [0.2, 0.25) is 0 Å². The fourth-order valence-electron chi connectivity index (χ4n) is 4.48. The van der Waals surface area contributed by atoms with Gasteiger partial charge in [0.05, 0.1) is 32.7 Å². The highest BCUT2D eigenvalue weighted by molar-refractivity contribution is 7.79. The van der Waals surface area contributed by atoms with Gasteiger partial charge in [-0.2, -0.15) is 12.6 Å². The first kappa shape index (κ1) is 29.4. The van der Waals surface area contributed by atoms with Gasteiger partial charge in [0.25, 0.3) is 0 Å². The minimum Gasteiger partial charge on any atom is -0.362 e. The van der Waals surface area contributed by atoms with Gasteiger partial charge < -0.3 is 15.1 Å². The Labute approximate surface area is 198 Å². The highest BCUT2D eigenvalue weighted by Crippen LogP contribution is 2.34. The number of thiocarbonyl (C=S) groups is 1. The molecule has 0 aliphatic heterocycles. The monoisotopic (exact) mass is 454 g/mol. The number of rotatable bonds is 10. The predicted molar refractivity (Wildman–Crippen MR) is 142 cm³/mol. The first-order valence-corrected chi connectivity index (χ1v) is 12.9. The van der Waals surface area contributed by atoms with E-state index in [4.69, 9.17) is 12.2 Å². The fourth-order valence-corrected chi connectivity index (χ4v) is 4.67. The van der Waals surface area contributed by atoms with Crippen LogP contribution in [0.15, 0.2) is 30.3 Å². The number of thiol groups is 1. The smallest absolute Gasteiger partial charge is 0.132 e. The molecule has 1 atom stereocenters. The van der Waals surface area contributed by atoms with Gasteiger partial charge in [-0.25, -0.2) is 0 Å². The Morgan fingerprint density at radius 2 is 1.70 bits per heavy atom. The van der Waals surface area contributed by atoms with Crippen LogP contribution in [-0.4, -0.2) is 61.9 Å². The first-order valence-electron chi connectivity index (χ1n) is 11.6. The Bertz CT molecular complexity index is 528. The lowest BCUT2D eigenvalue weighted by atomic mass is 9.82. The minimum atomic E-state index is 0.464. The zero-order chi connectivity index (χ0) is 23.0. The van der Waals surface area contributed by atoms with Crippen molar-refractivity contribution in [1.29, 1.82) is 0 Å². The molecular formula is C25H48N3S2+. The summed E-state index contributed by atoms with van der Waals surface area (Å²) in [6.45, 7) is 8.02. The molecule has 1 aliphatic rings. The van der Waals surface area contributed by atoms with E-state index in [0.29, 0.717) is 6.04 Å². The summed E-state index contributed by atoms with van der Waals surface area (Å²) in [5.74, 6) is 1.79. The summed E-state index contributed by atoms with van der Waals surface area (Å²) in [5, 5.41) is 0. The molecule has 0 heterocycles. The van der Waals surface area contributed by atoms with Crippen molar-refractivity contribution < 1.29 is 4.48 Å². The van der Waals surface area contributed by atoms with Crippen LogP contribution >= 0.6 is 24.8 Å². The summed E-state index contributed by atoms with van der Waals surface area (Å²) >= 11 is 8.87. The van der Waals surface area contributed by atoms with Crippen molar-refractivity contribution in [2.24, 2.45) is 17.6 Å². The van der Waals surface area contributed by atoms with E-state index in [9.17, 15) is 0 Å². The van der Waals surface area contributed by atoms with E-state index in [0.717, 1.165) is 29.4 Å². The van der Waals surface area contributed by atoms with Gasteiger partial charge in [0.1, 0.15) is 6.04 Å². The van der Waals surface area contributed by atoms with Crippen LogP contribution in [0.3, 0.4) is 0 Å². The van der Waals surface area contributed by atoms with E-state index in [1.165, 1.54) is 57.7 Å². The molecule has 1 aromatic rings. The summed E-state index contributed by atoms with van der Waals surface area (Å²) in [5.41, 5.74) is 7.83. The molecule has 5 heteroatoms. The molecule has 0 bridgehead atoms. The third-order valence-electron chi connectivity index (χ3n) is 6.25. The van der Waals surface area contributed by atoms with Crippen LogP contribution in [0, 0.1) is 11.8 Å². The molecule has 1 aliphatic carbocycles. The number of nitrogens with zero attached hydrogens (tertiary/aromatic N) is 2. The third kappa shape index (κ3) is 10.6. The van der Waals surface area contributed by atoms with Gasteiger partial charge >= 0.3 is 0 Å². The molecule has 0 amide bonds. The van der Waals surface area contributed by atoms with Gasteiger partial charge in [-0.15, -0.1) is 0 Å². The van der Waals surface area contributed by atoms with Crippen LogP contribution in [0.4, 0.5) is 0 Å². The van der Waals surface area contributed by atoms with Gasteiger partial charge in [0.15, 0.2) is 0 Å². The van der Waals surface area contributed by atoms with Crippen molar-refractivity contribution >= 4 is 30.3 Å². The molecule has 1 fully saturated rings. The summed E-state index contributed by atoms with van der Waals surface area (Å²) in [6, 6.07) is 11.5. The number of hydrogen-bond acceptors (Lipinski definition) is 3. The van der Waals surface area contributed by atoms with Gasteiger partial charge in [-0.1, -0.05) is 75.7 Å². The van der Waals surface area contributed by atoms with Gasteiger partial charge in [-0.3, -0.25) is 0 Å². The molecular weight excluding hydrogens is 406 g/mol. The molecule has 2 N–H and O–H groups in total. The van der Waals surface area contributed by atoms with Crippen molar-refractivity contribution in [3.63, 3.8) is 0 Å². The van der Waals surface area contributed by atoms with Crippen LogP contribution in [0.1, 0.15) is 64.0 Å². The summed E-state index contributed by atoms with van der Waals surface area (Å²) in [6.07, 6.45) is 9.73. The van der Waals surface area contributed by atoms with Crippen molar-refractivity contribution in [3.8, 4) is 0 Å². The molecule has 2 rings (SSSR count). The number of hydrogen-bond donors (Lipinski definition) is 2. The molecule has 0 radical (unpaired) electrons. The molecule has 3 nitrogen and oxygen atoms in total. The average Bonchev–Trinajstić information content (AvgIpc) is 2.78. The second-order valence-corrected chi connectivity index (χ2v) is 9.18. The Morgan fingerprint density at radius 1 is 1.13 bits per heavy atom. The molecule has 30 heavy (non-hydrogen) atoms. The Balaban J connectivity index is 0.00000198. The molecule has 0 saturated heterocycles. The lowest BCUT2D eigenvalue weighted by molar-refractivity contribution is -0.923. The molecule has 1 unspecified atom stereocenters. The zero-order valence-corrected chi connectivity index (χ0v) is 22.1. The normalized spacial score (nSPS) is 19.5. The zero-order valence-electron chi connectivity index (χ0n) is 20.4. The molecule has 0 aromatic heterocycles. The lowest BCUT2D eigenvalue weighted by Gasteiger charge is -2.43. The highest BCUT2D eigenvalue weighted by atomic mass is 32.1. The van der Waals surface area contributed by atoms with E-state index in [-0.39, 0.29) is 0 Å². The van der Waals surface area contributed by atoms with Crippen molar-refractivity contribution in [3.05, 3.63) is 35.9 Å². The third-order valence-corrected chi connectivity index (χ3v) is 6.55. The summed E-state index contributed by atoms with van der Waals surface area (Å²) in [4.78, 5) is 2.36. The second-order valence-electron chi connectivity index (χ2n) is 8.97. The fraction of sp³-hybridized carbons (Fsp3) is 0.720. The van der Waals surface area contributed by atoms with E-state index in [1.807, 2.05) is 5.49 Å². The van der Waals surface area contributed by atoms with Crippen LogP contribution < -0.4 is 5.73 Å². The van der Waals surface area contributed by atoms with Crippen molar-refractivity contribution in [2.75, 3.05) is 47.0 Å². The quantitative estimate of drug-likeness (QED) is 0.265. The van der Waals surface area contributed by atoms with E-state index < -0.39 is 0 Å². The number of nitrogens with two attached hydrogens (primary N) is 1. The van der Waals surface area contributed by atoms with E-state index in [1.54, 1.807) is 6.26 Å². The number of unbranched alkanes of at least 4 members (excludes halogenated alkanes) is 1. The Hall–Kier alpha value is -0.620. The number of quaternary nitrogens is 1. The van der Waals surface area contributed by atoms with Crippen LogP contribution in [0.25, 0.3) is 0 Å². The Morgan fingerprint density at radius 3 is 2.20 bits per heavy atom. The topological polar surface area (TPSA) is 29.3 Å². The van der Waals surface area contributed by atoms with E-state index in [2.05, 4.69) is 81.5 Å². The highest BCUT2D eigenvalue weighted by Gasteiger charge is 2.34. The summed E-state index contributed by atoms with van der Waals surface area (Å²) < 4.78 is 1.05. The van der Waals surface area contributed by atoms with Gasteiger partial charge in [0, 0.05) is 18.0 Å². The average molecular weight is 455 g/mol. The maximum Gasteiger partial charge on any atom is 0.132 e. The predicted octanol–water partition coefficient (Wildman–Crippen LogP) is 5.81. The van der Waals surface area contributed by atoms with Crippen LogP contribution in [-0.2, 0) is 0 Å². The summed E-state index contributed by atoms with van der Waals surface area (Å²) in [7, 11) is 6.36. The van der Waals surface area contributed by atoms with Gasteiger partial charge in [-0.05, 0) is 38.5 Å². The number of benzene rings is 1. The molecule has 1 saturated carbocycles. The first-order chi connectivity index (χ1) is 14.5.